The summed E-state index contributed by atoms with van der Waals surface area (Å²) in [4.78, 5) is 0. The maximum Gasteiger partial charge on any atom is -0.0272 e. The van der Waals surface area contributed by atoms with E-state index in [9.17, 15) is 0 Å². The Morgan fingerprint density at radius 1 is 0.474 bits per heavy atom. The summed E-state index contributed by atoms with van der Waals surface area (Å²) in [5, 5.41) is 0. The molecule has 0 fully saturated rings. The van der Waals surface area contributed by atoms with Crippen molar-refractivity contribution in [3.8, 4) is 0 Å². The molecule has 0 bridgehead atoms. The average molecular weight is 268 g/mol. The van der Waals surface area contributed by atoms with Crippen molar-refractivity contribution in [1.82, 2.24) is 0 Å². The van der Waals surface area contributed by atoms with E-state index < -0.39 is 0 Å². The first kappa shape index (κ1) is 19.0. The third kappa shape index (κ3) is 15.9. The molecule has 0 N–H and O–H groups in total. The predicted molar refractivity (Wildman–Crippen MR) is 89.5 cm³/mol. The monoisotopic (exact) mass is 267 g/mol. The zero-order valence-corrected chi connectivity index (χ0v) is 14.1. The first-order valence-electron chi connectivity index (χ1n) is 9.12. The molecule has 19 heavy (non-hydrogen) atoms. The largest absolute Gasteiger partial charge is 0.0654 e. The second kappa shape index (κ2) is 16.1. The average Bonchev–Trinajstić information content (AvgIpc) is 2.41. The van der Waals surface area contributed by atoms with Crippen LogP contribution in [0.3, 0.4) is 0 Å². The van der Waals surface area contributed by atoms with Crippen molar-refractivity contribution in [2.75, 3.05) is 0 Å². The lowest BCUT2D eigenvalue weighted by atomic mass is 9.96. The Labute approximate surface area is 123 Å². The first-order chi connectivity index (χ1) is 9.31. The molecule has 0 heteroatoms. The van der Waals surface area contributed by atoms with Gasteiger partial charge in [-0.3, -0.25) is 0 Å². The van der Waals surface area contributed by atoms with Crippen molar-refractivity contribution in [2.45, 2.75) is 117 Å². The summed E-state index contributed by atoms with van der Waals surface area (Å²) >= 11 is 0. The fraction of sp³-hybridized carbons (Fsp3) is 0.947. The topological polar surface area (TPSA) is 0 Å². The zero-order chi connectivity index (χ0) is 14.2. The molecular formula is C19H39. The quantitative estimate of drug-likeness (QED) is 0.270. The van der Waals surface area contributed by atoms with Crippen LogP contribution in [0.5, 0.6) is 0 Å². The third-order valence-electron chi connectivity index (χ3n) is 4.16. The molecule has 0 unspecified atom stereocenters. The second-order valence-electron chi connectivity index (χ2n) is 6.35. The summed E-state index contributed by atoms with van der Waals surface area (Å²) in [5.41, 5.74) is 0. The highest BCUT2D eigenvalue weighted by Gasteiger charge is 2.02. The molecule has 0 aliphatic heterocycles. The maximum atomic E-state index is 2.38. The van der Waals surface area contributed by atoms with Crippen molar-refractivity contribution in [3.05, 3.63) is 5.92 Å². The molecule has 0 aromatic heterocycles. The van der Waals surface area contributed by atoms with Crippen molar-refractivity contribution in [3.63, 3.8) is 0 Å². The van der Waals surface area contributed by atoms with E-state index in [2.05, 4.69) is 20.8 Å². The van der Waals surface area contributed by atoms with Crippen molar-refractivity contribution < 1.29 is 0 Å². The Morgan fingerprint density at radius 2 is 0.789 bits per heavy atom. The van der Waals surface area contributed by atoms with Gasteiger partial charge in [0, 0.05) is 0 Å². The first-order valence-corrected chi connectivity index (χ1v) is 9.12. The number of hydrogen-bond acceptors (Lipinski definition) is 0. The summed E-state index contributed by atoms with van der Waals surface area (Å²) in [6.45, 7) is 6.96. The van der Waals surface area contributed by atoms with Crippen LogP contribution < -0.4 is 0 Å². The Balaban J connectivity index is 3.10. The lowest BCUT2D eigenvalue weighted by molar-refractivity contribution is 0.551. The highest BCUT2D eigenvalue weighted by atomic mass is 14.1. The van der Waals surface area contributed by atoms with Gasteiger partial charge in [-0.2, -0.15) is 0 Å². The fourth-order valence-electron chi connectivity index (χ4n) is 2.72. The van der Waals surface area contributed by atoms with E-state index in [4.69, 9.17) is 0 Å². The van der Waals surface area contributed by atoms with E-state index in [1.165, 1.54) is 96.3 Å². The van der Waals surface area contributed by atoms with Gasteiger partial charge < -0.3 is 0 Å². The van der Waals surface area contributed by atoms with Gasteiger partial charge >= 0.3 is 0 Å². The van der Waals surface area contributed by atoms with Gasteiger partial charge in [0.1, 0.15) is 0 Å². The van der Waals surface area contributed by atoms with Gasteiger partial charge in [-0.05, 0) is 18.8 Å². The van der Waals surface area contributed by atoms with Gasteiger partial charge in [0.15, 0.2) is 0 Å². The molecule has 1 radical (unpaired) electrons. The molecule has 0 rings (SSSR count). The van der Waals surface area contributed by atoms with Crippen LogP contribution in [0.1, 0.15) is 117 Å². The zero-order valence-electron chi connectivity index (χ0n) is 14.1. The molecular weight excluding hydrogens is 228 g/mol. The maximum absolute atomic E-state index is 2.38. The van der Waals surface area contributed by atoms with Crippen LogP contribution in [-0.2, 0) is 0 Å². The molecule has 0 atom stereocenters. The molecule has 115 valence electrons. The third-order valence-corrected chi connectivity index (χ3v) is 4.16. The van der Waals surface area contributed by atoms with Crippen LogP contribution in [0.4, 0.5) is 0 Å². The molecule has 0 heterocycles. The van der Waals surface area contributed by atoms with Crippen molar-refractivity contribution in [1.29, 1.82) is 0 Å². The van der Waals surface area contributed by atoms with E-state index in [-0.39, 0.29) is 0 Å². The van der Waals surface area contributed by atoms with E-state index in [1.54, 1.807) is 5.92 Å². The van der Waals surface area contributed by atoms with E-state index in [0.29, 0.717) is 0 Å². The molecule has 0 spiro atoms. The Bertz CT molecular complexity index is 150. The van der Waals surface area contributed by atoms with E-state index in [1.807, 2.05) is 0 Å². The molecule has 0 nitrogen and oxygen atoms in total. The number of unbranched alkanes of at least 4 members (excludes halogenated alkanes) is 11. The van der Waals surface area contributed by atoms with E-state index in [0.717, 1.165) is 0 Å². The van der Waals surface area contributed by atoms with Gasteiger partial charge in [0.25, 0.3) is 0 Å². The SMILES string of the molecule is CCCCCCCCC[C](C)CCCCCCCC. The van der Waals surface area contributed by atoms with Gasteiger partial charge in [0.2, 0.25) is 0 Å². The normalized spacial score (nSPS) is 11.4. The Morgan fingerprint density at radius 3 is 1.16 bits per heavy atom. The smallest absolute Gasteiger partial charge is 0.0272 e. The Hall–Kier alpha value is 0. The minimum absolute atomic E-state index is 1.36. The fourth-order valence-corrected chi connectivity index (χ4v) is 2.72. The van der Waals surface area contributed by atoms with E-state index >= 15 is 0 Å². The minimum atomic E-state index is 1.36. The predicted octanol–water partition coefficient (Wildman–Crippen LogP) is 7.47. The van der Waals surface area contributed by atoms with Gasteiger partial charge in [-0.25, -0.2) is 0 Å². The lowest BCUT2D eigenvalue weighted by Gasteiger charge is -2.10. The van der Waals surface area contributed by atoms with Crippen molar-refractivity contribution >= 4 is 0 Å². The molecule has 0 saturated heterocycles. The van der Waals surface area contributed by atoms with Gasteiger partial charge in [0.05, 0.1) is 0 Å². The second-order valence-corrected chi connectivity index (χ2v) is 6.35. The lowest BCUT2D eigenvalue weighted by Crippen LogP contribution is -1.93. The molecule has 0 aliphatic rings. The minimum Gasteiger partial charge on any atom is -0.0654 e. The highest BCUT2D eigenvalue weighted by molar-refractivity contribution is 4.83. The van der Waals surface area contributed by atoms with Crippen LogP contribution in [-0.4, -0.2) is 0 Å². The van der Waals surface area contributed by atoms with Gasteiger partial charge in [-0.1, -0.05) is 104 Å². The molecule has 0 aliphatic carbocycles. The summed E-state index contributed by atoms with van der Waals surface area (Å²) in [6, 6.07) is 0. The summed E-state index contributed by atoms with van der Waals surface area (Å²) in [6.07, 6.45) is 21.5. The van der Waals surface area contributed by atoms with Crippen LogP contribution in [0.25, 0.3) is 0 Å². The van der Waals surface area contributed by atoms with Crippen LogP contribution in [0, 0.1) is 5.92 Å². The highest BCUT2D eigenvalue weighted by Crippen LogP contribution is 2.20. The molecule has 0 aromatic carbocycles. The summed E-state index contributed by atoms with van der Waals surface area (Å²) < 4.78 is 0. The number of rotatable bonds is 15. The van der Waals surface area contributed by atoms with Gasteiger partial charge in [-0.15, -0.1) is 0 Å². The van der Waals surface area contributed by atoms with Crippen LogP contribution >= 0.6 is 0 Å². The molecule has 0 aromatic rings. The Kier molecular flexibility index (Phi) is 16.1. The summed E-state index contributed by atoms with van der Waals surface area (Å²) in [7, 11) is 0. The van der Waals surface area contributed by atoms with Crippen LogP contribution in [0.15, 0.2) is 0 Å². The van der Waals surface area contributed by atoms with Crippen LogP contribution in [0.2, 0.25) is 0 Å². The summed E-state index contributed by atoms with van der Waals surface area (Å²) in [5.74, 6) is 1.75. The molecule has 0 amide bonds. The number of hydrogen-bond donors (Lipinski definition) is 0. The van der Waals surface area contributed by atoms with Crippen molar-refractivity contribution in [2.24, 2.45) is 0 Å². The molecule has 0 saturated carbocycles. The standard InChI is InChI=1S/C19H39/c1-4-6-8-10-12-14-16-18-19(3)17-15-13-11-9-7-5-2/h4-18H2,1-3H3.